The van der Waals surface area contributed by atoms with Gasteiger partial charge in [-0.25, -0.2) is 4.79 Å². The van der Waals surface area contributed by atoms with E-state index in [9.17, 15) is 9.59 Å². The molecule has 0 aliphatic carbocycles. The third-order valence-corrected chi connectivity index (χ3v) is 2.13. The SMILES string of the molecule is CCCC(=O)Nc1cccc(C(=O)OCC)c1. The minimum absolute atomic E-state index is 0.0477. The van der Waals surface area contributed by atoms with E-state index in [2.05, 4.69) is 5.32 Å². The molecule has 1 amide bonds. The van der Waals surface area contributed by atoms with Crippen molar-refractivity contribution in [2.24, 2.45) is 0 Å². The number of esters is 1. The quantitative estimate of drug-likeness (QED) is 0.798. The Morgan fingerprint density at radius 1 is 1.29 bits per heavy atom. The molecular formula is C13H17NO3. The molecule has 0 saturated carbocycles. The molecule has 0 spiro atoms. The van der Waals surface area contributed by atoms with E-state index in [0.29, 0.717) is 24.3 Å². The van der Waals surface area contributed by atoms with Gasteiger partial charge < -0.3 is 10.1 Å². The lowest BCUT2D eigenvalue weighted by molar-refractivity contribution is -0.116. The number of hydrogen-bond donors (Lipinski definition) is 1. The maximum atomic E-state index is 11.5. The van der Waals surface area contributed by atoms with Crippen molar-refractivity contribution in [2.75, 3.05) is 11.9 Å². The van der Waals surface area contributed by atoms with Crippen molar-refractivity contribution < 1.29 is 14.3 Å². The Morgan fingerprint density at radius 3 is 2.71 bits per heavy atom. The predicted octanol–water partition coefficient (Wildman–Crippen LogP) is 2.60. The zero-order chi connectivity index (χ0) is 12.7. The average molecular weight is 235 g/mol. The van der Waals surface area contributed by atoms with Crippen LogP contribution < -0.4 is 5.32 Å². The van der Waals surface area contributed by atoms with E-state index >= 15 is 0 Å². The summed E-state index contributed by atoms with van der Waals surface area (Å²) in [6, 6.07) is 6.74. The summed E-state index contributed by atoms with van der Waals surface area (Å²) < 4.78 is 4.88. The highest BCUT2D eigenvalue weighted by atomic mass is 16.5. The van der Waals surface area contributed by atoms with Crippen LogP contribution in [0.2, 0.25) is 0 Å². The number of anilines is 1. The van der Waals surface area contributed by atoms with Crippen molar-refractivity contribution in [3.63, 3.8) is 0 Å². The molecule has 0 fully saturated rings. The van der Waals surface area contributed by atoms with Gasteiger partial charge in [-0.1, -0.05) is 13.0 Å². The van der Waals surface area contributed by atoms with Crippen molar-refractivity contribution in [2.45, 2.75) is 26.7 Å². The van der Waals surface area contributed by atoms with Crippen LogP contribution in [0.4, 0.5) is 5.69 Å². The summed E-state index contributed by atoms with van der Waals surface area (Å²) in [7, 11) is 0. The van der Waals surface area contributed by atoms with Gasteiger partial charge in [-0.2, -0.15) is 0 Å². The topological polar surface area (TPSA) is 55.4 Å². The smallest absolute Gasteiger partial charge is 0.338 e. The number of hydrogen-bond acceptors (Lipinski definition) is 3. The van der Waals surface area contributed by atoms with Crippen LogP contribution in [0.5, 0.6) is 0 Å². The highest BCUT2D eigenvalue weighted by Crippen LogP contribution is 2.12. The summed E-state index contributed by atoms with van der Waals surface area (Å²) in [5.41, 5.74) is 1.06. The first kappa shape index (κ1) is 13.2. The highest BCUT2D eigenvalue weighted by Gasteiger charge is 2.07. The lowest BCUT2D eigenvalue weighted by Crippen LogP contribution is -2.11. The van der Waals surface area contributed by atoms with Gasteiger partial charge in [-0.3, -0.25) is 4.79 Å². The normalized spacial score (nSPS) is 9.76. The van der Waals surface area contributed by atoms with Crippen LogP contribution >= 0.6 is 0 Å². The maximum absolute atomic E-state index is 11.5. The van der Waals surface area contributed by atoms with Crippen LogP contribution in [-0.2, 0) is 9.53 Å². The predicted molar refractivity (Wildman–Crippen MR) is 65.9 cm³/mol. The van der Waals surface area contributed by atoms with Crippen molar-refractivity contribution in [1.29, 1.82) is 0 Å². The number of carbonyl (C=O) groups is 2. The minimum Gasteiger partial charge on any atom is -0.462 e. The van der Waals surface area contributed by atoms with Crippen molar-refractivity contribution >= 4 is 17.6 Å². The van der Waals surface area contributed by atoms with Gasteiger partial charge in [-0.15, -0.1) is 0 Å². The summed E-state index contributed by atoms with van der Waals surface area (Å²) in [5.74, 6) is -0.424. The van der Waals surface area contributed by atoms with Crippen molar-refractivity contribution in [1.82, 2.24) is 0 Å². The molecule has 4 heteroatoms. The Balaban J connectivity index is 2.72. The Kier molecular flexibility index (Phi) is 5.20. The van der Waals surface area contributed by atoms with E-state index < -0.39 is 0 Å². The molecule has 17 heavy (non-hydrogen) atoms. The van der Waals surface area contributed by atoms with E-state index in [1.807, 2.05) is 6.92 Å². The third kappa shape index (κ3) is 4.26. The lowest BCUT2D eigenvalue weighted by atomic mass is 10.2. The van der Waals surface area contributed by atoms with Crippen LogP contribution in [0.1, 0.15) is 37.0 Å². The molecule has 0 unspecified atom stereocenters. The van der Waals surface area contributed by atoms with Crippen LogP contribution in [0.25, 0.3) is 0 Å². The number of carbonyl (C=O) groups excluding carboxylic acids is 2. The van der Waals surface area contributed by atoms with Crippen LogP contribution in [0.15, 0.2) is 24.3 Å². The number of nitrogens with one attached hydrogen (secondary N) is 1. The van der Waals surface area contributed by atoms with Gasteiger partial charge in [0.2, 0.25) is 5.91 Å². The zero-order valence-electron chi connectivity index (χ0n) is 10.2. The van der Waals surface area contributed by atoms with Crippen LogP contribution in [0, 0.1) is 0 Å². The first-order chi connectivity index (χ1) is 8.17. The molecule has 1 aromatic rings. The number of amides is 1. The summed E-state index contributed by atoms with van der Waals surface area (Å²) in [4.78, 5) is 22.9. The molecular weight excluding hydrogens is 218 g/mol. The standard InChI is InChI=1S/C13H17NO3/c1-3-6-12(15)14-11-8-5-7-10(9-11)13(16)17-4-2/h5,7-9H,3-4,6H2,1-2H3,(H,14,15). The molecule has 0 aliphatic heterocycles. The Hall–Kier alpha value is -1.84. The second-order valence-electron chi connectivity index (χ2n) is 3.60. The number of rotatable bonds is 5. The molecule has 0 heterocycles. The maximum Gasteiger partial charge on any atom is 0.338 e. The molecule has 0 radical (unpaired) electrons. The van der Waals surface area contributed by atoms with E-state index in [1.165, 1.54) is 0 Å². The fourth-order valence-corrected chi connectivity index (χ4v) is 1.39. The molecule has 0 saturated heterocycles. The zero-order valence-corrected chi connectivity index (χ0v) is 10.2. The number of benzene rings is 1. The van der Waals surface area contributed by atoms with Gasteiger partial charge in [0.05, 0.1) is 12.2 Å². The molecule has 1 rings (SSSR count). The molecule has 0 aliphatic rings. The van der Waals surface area contributed by atoms with Gasteiger partial charge in [0, 0.05) is 12.1 Å². The molecule has 0 atom stereocenters. The van der Waals surface area contributed by atoms with E-state index in [0.717, 1.165) is 6.42 Å². The third-order valence-electron chi connectivity index (χ3n) is 2.13. The van der Waals surface area contributed by atoms with E-state index in [1.54, 1.807) is 31.2 Å². The first-order valence-electron chi connectivity index (χ1n) is 5.74. The van der Waals surface area contributed by atoms with Gasteiger partial charge in [0.1, 0.15) is 0 Å². The van der Waals surface area contributed by atoms with Crippen molar-refractivity contribution in [3.05, 3.63) is 29.8 Å². The second-order valence-corrected chi connectivity index (χ2v) is 3.60. The fraction of sp³-hybridized carbons (Fsp3) is 0.385. The molecule has 0 bridgehead atoms. The molecule has 0 aromatic heterocycles. The summed E-state index contributed by atoms with van der Waals surface area (Å²) in [6.07, 6.45) is 1.27. The van der Waals surface area contributed by atoms with Gasteiger partial charge in [-0.05, 0) is 31.5 Å². The fourth-order valence-electron chi connectivity index (χ4n) is 1.39. The Labute approximate surface area is 101 Å². The van der Waals surface area contributed by atoms with Crippen LogP contribution in [-0.4, -0.2) is 18.5 Å². The van der Waals surface area contributed by atoms with Gasteiger partial charge in [0.25, 0.3) is 0 Å². The molecule has 4 nitrogen and oxygen atoms in total. The van der Waals surface area contributed by atoms with E-state index in [4.69, 9.17) is 4.74 Å². The van der Waals surface area contributed by atoms with Crippen molar-refractivity contribution in [3.8, 4) is 0 Å². The highest BCUT2D eigenvalue weighted by molar-refractivity contribution is 5.94. The monoisotopic (exact) mass is 235 g/mol. The van der Waals surface area contributed by atoms with E-state index in [-0.39, 0.29) is 11.9 Å². The molecule has 1 aromatic carbocycles. The van der Waals surface area contributed by atoms with Gasteiger partial charge in [0.15, 0.2) is 0 Å². The summed E-state index contributed by atoms with van der Waals surface area (Å²) in [5, 5.41) is 2.73. The molecule has 92 valence electrons. The summed E-state index contributed by atoms with van der Waals surface area (Å²) in [6.45, 7) is 4.03. The van der Waals surface area contributed by atoms with Gasteiger partial charge >= 0.3 is 5.97 Å². The Morgan fingerprint density at radius 2 is 2.06 bits per heavy atom. The lowest BCUT2D eigenvalue weighted by Gasteiger charge is -2.06. The summed E-state index contributed by atoms with van der Waals surface area (Å²) >= 11 is 0. The average Bonchev–Trinajstić information content (AvgIpc) is 2.30. The molecule has 1 N–H and O–H groups in total. The minimum atomic E-state index is -0.376. The Bertz CT molecular complexity index is 401. The largest absolute Gasteiger partial charge is 0.462 e. The number of ether oxygens (including phenoxy) is 1. The van der Waals surface area contributed by atoms with Crippen LogP contribution in [0.3, 0.4) is 0 Å². The first-order valence-corrected chi connectivity index (χ1v) is 5.74. The second kappa shape index (κ2) is 6.68.